The molecule has 0 bridgehead atoms. The van der Waals surface area contributed by atoms with Crippen molar-refractivity contribution in [3.8, 4) is 12.1 Å². The van der Waals surface area contributed by atoms with E-state index in [-0.39, 0.29) is 17.9 Å². The van der Waals surface area contributed by atoms with E-state index in [4.69, 9.17) is 0 Å². The molecule has 0 radical (unpaired) electrons. The van der Waals surface area contributed by atoms with E-state index >= 15 is 0 Å². The molecule has 0 unspecified atom stereocenters. The lowest BCUT2D eigenvalue weighted by Crippen LogP contribution is -2.61. The maximum absolute atomic E-state index is 12.7. The van der Waals surface area contributed by atoms with Gasteiger partial charge in [-0.3, -0.25) is 9.59 Å². The van der Waals surface area contributed by atoms with Crippen LogP contribution < -0.4 is 0 Å². The molecule has 6 heteroatoms. The molecule has 0 N–H and O–H groups in total. The lowest BCUT2D eigenvalue weighted by molar-refractivity contribution is -0.155. The molecule has 3 fully saturated rings. The number of amides is 2. The van der Waals surface area contributed by atoms with Crippen LogP contribution in [-0.4, -0.2) is 47.3 Å². The Labute approximate surface area is 136 Å². The van der Waals surface area contributed by atoms with E-state index in [1.165, 1.54) is 0 Å². The fourth-order valence-electron chi connectivity index (χ4n) is 3.83. The van der Waals surface area contributed by atoms with Crippen LogP contribution in [0.2, 0.25) is 0 Å². The van der Waals surface area contributed by atoms with Crippen LogP contribution >= 0.6 is 0 Å². The first-order chi connectivity index (χ1) is 11.0. The first-order valence-corrected chi connectivity index (χ1v) is 8.41. The van der Waals surface area contributed by atoms with Gasteiger partial charge in [0.05, 0.1) is 12.1 Å². The summed E-state index contributed by atoms with van der Waals surface area (Å²) in [6, 6.07) is 4.29. The highest BCUT2D eigenvalue weighted by molar-refractivity contribution is 5.88. The third-order valence-corrected chi connectivity index (χ3v) is 5.84. The van der Waals surface area contributed by atoms with Gasteiger partial charge in [0, 0.05) is 25.7 Å². The number of carbonyl (C=O) groups is 2. The van der Waals surface area contributed by atoms with Crippen LogP contribution in [0.3, 0.4) is 0 Å². The number of rotatable bonds is 2. The van der Waals surface area contributed by atoms with Gasteiger partial charge in [-0.25, -0.2) is 0 Å². The minimum absolute atomic E-state index is 0.0792. The van der Waals surface area contributed by atoms with Gasteiger partial charge in [0.1, 0.15) is 10.8 Å². The zero-order valence-electron chi connectivity index (χ0n) is 13.5. The maximum atomic E-state index is 12.7. The molecule has 1 saturated heterocycles. The van der Waals surface area contributed by atoms with Gasteiger partial charge in [-0.2, -0.15) is 10.5 Å². The third kappa shape index (κ3) is 2.28. The van der Waals surface area contributed by atoms with E-state index < -0.39 is 10.8 Å². The molecule has 2 amide bonds. The molecule has 1 aliphatic heterocycles. The molecule has 23 heavy (non-hydrogen) atoms. The van der Waals surface area contributed by atoms with Gasteiger partial charge in [-0.1, -0.05) is 0 Å². The molecule has 6 nitrogen and oxygen atoms in total. The van der Waals surface area contributed by atoms with Crippen molar-refractivity contribution in [3.63, 3.8) is 0 Å². The molecule has 3 aliphatic rings. The fraction of sp³-hybridized carbons (Fsp3) is 0.765. The van der Waals surface area contributed by atoms with Crippen molar-refractivity contribution in [2.24, 2.45) is 10.8 Å². The molecular weight excluding hydrogens is 292 g/mol. The van der Waals surface area contributed by atoms with Crippen molar-refractivity contribution >= 4 is 11.8 Å². The minimum Gasteiger partial charge on any atom is -0.337 e. The lowest BCUT2D eigenvalue weighted by Gasteiger charge is -2.47. The van der Waals surface area contributed by atoms with Crippen molar-refractivity contribution in [1.29, 1.82) is 10.5 Å². The number of nitrogens with zero attached hydrogens (tertiary/aromatic N) is 4. The summed E-state index contributed by atoms with van der Waals surface area (Å²) in [5, 5.41) is 18.7. The Morgan fingerprint density at radius 3 is 1.87 bits per heavy atom. The first kappa shape index (κ1) is 15.8. The lowest BCUT2D eigenvalue weighted by atomic mass is 9.68. The largest absolute Gasteiger partial charge is 0.337 e. The molecule has 122 valence electrons. The van der Waals surface area contributed by atoms with Gasteiger partial charge in [0.15, 0.2) is 0 Å². The standard InChI is InChI=1S/C17H22N4O2/c1-13-10-20(14(22)16(11-18)4-2-5-16)8-9-21(13)15(23)17(12-19)6-3-7-17/h13H,2-10H2,1H3/t13-/m0/s1. The zero-order valence-corrected chi connectivity index (χ0v) is 13.5. The topological polar surface area (TPSA) is 88.2 Å². The molecule has 0 aromatic carbocycles. The maximum Gasteiger partial charge on any atom is 0.243 e. The average molecular weight is 314 g/mol. The SMILES string of the molecule is C[C@H]1CN(C(=O)C2(C#N)CCC2)CCN1C(=O)C1(C#N)CCC1. The molecule has 0 aromatic heterocycles. The summed E-state index contributed by atoms with van der Waals surface area (Å²) in [5.74, 6) is -0.159. The highest BCUT2D eigenvalue weighted by Gasteiger charge is 2.51. The second-order valence-electron chi connectivity index (χ2n) is 7.19. The summed E-state index contributed by atoms with van der Waals surface area (Å²) in [5.41, 5.74) is -1.66. The molecule has 1 atom stereocenters. The number of carbonyl (C=O) groups excluding carboxylic acids is 2. The first-order valence-electron chi connectivity index (χ1n) is 8.41. The molecule has 0 aromatic rings. The Balaban J connectivity index is 1.66. The van der Waals surface area contributed by atoms with E-state index in [9.17, 15) is 20.1 Å². The summed E-state index contributed by atoms with van der Waals surface area (Å²) >= 11 is 0. The van der Waals surface area contributed by atoms with Gasteiger partial charge in [-0.05, 0) is 45.4 Å². The molecule has 0 spiro atoms. The minimum atomic E-state index is -0.831. The highest BCUT2D eigenvalue weighted by Crippen LogP contribution is 2.44. The van der Waals surface area contributed by atoms with Crippen LogP contribution in [0, 0.1) is 33.5 Å². The Bertz CT molecular complexity index is 607. The van der Waals surface area contributed by atoms with Crippen molar-refractivity contribution in [1.82, 2.24) is 9.80 Å². The molecule has 2 aliphatic carbocycles. The number of hydrogen-bond donors (Lipinski definition) is 0. The van der Waals surface area contributed by atoms with E-state index in [1.54, 1.807) is 9.80 Å². The predicted molar refractivity (Wildman–Crippen MR) is 81.5 cm³/mol. The van der Waals surface area contributed by atoms with Crippen molar-refractivity contribution in [2.45, 2.75) is 51.5 Å². The third-order valence-electron chi connectivity index (χ3n) is 5.84. The van der Waals surface area contributed by atoms with E-state index in [0.29, 0.717) is 45.3 Å². The number of nitriles is 2. The van der Waals surface area contributed by atoms with Crippen LogP contribution in [0.1, 0.15) is 45.4 Å². The molecule has 2 saturated carbocycles. The van der Waals surface area contributed by atoms with Crippen LogP contribution in [-0.2, 0) is 9.59 Å². The fourth-order valence-corrected chi connectivity index (χ4v) is 3.83. The summed E-state index contributed by atoms with van der Waals surface area (Å²) < 4.78 is 0. The van der Waals surface area contributed by atoms with E-state index in [0.717, 1.165) is 12.8 Å². The van der Waals surface area contributed by atoms with Crippen LogP contribution in [0.25, 0.3) is 0 Å². The summed E-state index contributed by atoms with van der Waals surface area (Å²) in [7, 11) is 0. The monoisotopic (exact) mass is 314 g/mol. The van der Waals surface area contributed by atoms with Crippen LogP contribution in [0.15, 0.2) is 0 Å². The van der Waals surface area contributed by atoms with Gasteiger partial charge < -0.3 is 9.80 Å². The average Bonchev–Trinajstić information content (AvgIpc) is 2.45. The van der Waals surface area contributed by atoms with Gasteiger partial charge >= 0.3 is 0 Å². The van der Waals surface area contributed by atoms with Crippen LogP contribution in [0.4, 0.5) is 0 Å². The second kappa shape index (κ2) is 5.53. The Morgan fingerprint density at radius 1 is 0.957 bits per heavy atom. The quantitative estimate of drug-likeness (QED) is 0.771. The highest BCUT2D eigenvalue weighted by atomic mass is 16.2. The van der Waals surface area contributed by atoms with E-state index in [2.05, 4.69) is 12.1 Å². The number of hydrogen-bond acceptors (Lipinski definition) is 4. The zero-order chi connectivity index (χ0) is 16.7. The second-order valence-corrected chi connectivity index (χ2v) is 7.19. The summed E-state index contributed by atoms with van der Waals surface area (Å²) in [6.45, 7) is 3.28. The Hall–Kier alpha value is -2.08. The van der Waals surface area contributed by atoms with Crippen molar-refractivity contribution in [3.05, 3.63) is 0 Å². The van der Waals surface area contributed by atoms with Crippen LogP contribution in [0.5, 0.6) is 0 Å². The smallest absolute Gasteiger partial charge is 0.243 e. The van der Waals surface area contributed by atoms with Crippen molar-refractivity contribution < 1.29 is 9.59 Å². The normalized spacial score (nSPS) is 27.9. The number of piperazine rings is 1. The molecule has 1 heterocycles. The summed E-state index contributed by atoms with van der Waals surface area (Å²) in [4.78, 5) is 28.8. The summed E-state index contributed by atoms with van der Waals surface area (Å²) in [6.07, 6.45) is 4.44. The van der Waals surface area contributed by atoms with Gasteiger partial charge in [0.2, 0.25) is 11.8 Å². The van der Waals surface area contributed by atoms with Gasteiger partial charge in [-0.15, -0.1) is 0 Å². The Morgan fingerprint density at radius 2 is 1.48 bits per heavy atom. The Kier molecular flexibility index (Phi) is 3.80. The predicted octanol–water partition coefficient (Wildman–Crippen LogP) is 1.43. The van der Waals surface area contributed by atoms with Gasteiger partial charge in [0.25, 0.3) is 0 Å². The molecule has 3 rings (SSSR count). The molecular formula is C17H22N4O2. The van der Waals surface area contributed by atoms with E-state index in [1.807, 2.05) is 6.92 Å². The van der Waals surface area contributed by atoms with Crippen molar-refractivity contribution in [2.75, 3.05) is 19.6 Å².